The third kappa shape index (κ3) is 4.67. The number of amides is 1. The number of anilines is 1. The normalized spacial score (nSPS) is 12.0. The summed E-state index contributed by atoms with van der Waals surface area (Å²) in [5.74, 6) is 0.596. The number of nitrogens with one attached hydrogen (secondary N) is 3. The fourth-order valence-electron chi connectivity index (χ4n) is 2.04. The Morgan fingerprint density at radius 2 is 1.84 bits per heavy atom. The molecule has 0 saturated heterocycles. The Morgan fingerprint density at radius 3 is 2.64 bits per heavy atom. The monoisotopic (exact) mass is 359 g/mol. The van der Waals surface area contributed by atoms with Crippen molar-refractivity contribution in [1.29, 1.82) is 0 Å². The minimum absolute atomic E-state index is 0.177. The van der Waals surface area contributed by atoms with Crippen LogP contribution in [-0.4, -0.2) is 17.8 Å². The molecule has 0 aliphatic carbocycles. The number of thiocarbonyl (C=S) groups is 1. The van der Waals surface area contributed by atoms with Gasteiger partial charge in [0.05, 0.1) is 0 Å². The summed E-state index contributed by atoms with van der Waals surface area (Å²) < 4.78 is 23.3. The smallest absolute Gasteiger partial charge is 0.262 e. The first-order valence-electron chi connectivity index (χ1n) is 7.30. The largest absolute Gasteiger partial charge is 0.454 e. The minimum Gasteiger partial charge on any atom is -0.454 e. The predicted octanol–water partition coefficient (Wildman–Crippen LogP) is 2.59. The molecule has 1 heterocycles. The van der Waals surface area contributed by atoms with Gasteiger partial charge in [0, 0.05) is 11.8 Å². The van der Waals surface area contributed by atoms with Crippen LogP contribution in [0.2, 0.25) is 0 Å². The first kappa shape index (κ1) is 16.7. The van der Waals surface area contributed by atoms with Crippen LogP contribution in [-0.2, 0) is 4.79 Å². The first-order valence-corrected chi connectivity index (χ1v) is 7.71. The molecule has 8 heteroatoms. The number of rotatable bonds is 3. The zero-order chi connectivity index (χ0) is 17.6. The molecule has 0 radical (unpaired) electrons. The number of carbonyl (C=O) groups is 1. The van der Waals surface area contributed by atoms with E-state index < -0.39 is 0 Å². The molecule has 2 aromatic carbocycles. The summed E-state index contributed by atoms with van der Waals surface area (Å²) in [5, 5.41) is 2.99. The Balaban J connectivity index is 1.47. The van der Waals surface area contributed by atoms with Gasteiger partial charge in [-0.3, -0.25) is 15.6 Å². The Hall–Kier alpha value is -3.13. The van der Waals surface area contributed by atoms with Crippen molar-refractivity contribution in [2.45, 2.75) is 0 Å². The van der Waals surface area contributed by atoms with Gasteiger partial charge in [-0.2, -0.15) is 0 Å². The van der Waals surface area contributed by atoms with Gasteiger partial charge >= 0.3 is 0 Å². The van der Waals surface area contributed by atoms with Crippen molar-refractivity contribution in [1.82, 2.24) is 10.9 Å². The lowest BCUT2D eigenvalue weighted by Gasteiger charge is -2.10. The van der Waals surface area contributed by atoms with Crippen LogP contribution in [0.15, 0.2) is 48.5 Å². The summed E-state index contributed by atoms with van der Waals surface area (Å²) in [6.45, 7) is 0.200. The molecule has 0 aromatic heterocycles. The summed E-state index contributed by atoms with van der Waals surface area (Å²) in [6, 6.07) is 11.0. The number of hydrazine groups is 1. The number of ether oxygens (including phenoxy) is 2. The van der Waals surface area contributed by atoms with Gasteiger partial charge in [0.15, 0.2) is 16.6 Å². The maximum absolute atomic E-state index is 12.8. The van der Waals surface area contributed by atoms with E-state index in [0.717, 1.165) is 5.56 Å². The van der Waals surface area contributed by atoms with Gasteiger partial charge in [0.2, 0.25) is 6.79 Å². The third-order valence-electron chi connectivity index (χ3n) is 3.23. The molecule has 0 spiro atoms. The van der Waals surface area contributed by atoms with Crippen LogP contribution in [0.4, 0.5) is 10.1 Å². The molecule has 0 unspecified atom stereocenters. The molecule has 0 bridgehead atoms. The second-order valence-electron chi connectivity index (χ2n) is 5.02. The molecule has 0 fully saturated rings. The summed E-state index contributed by atoms with van der Waals surface area (Å²) >= 11 is 5.03. The second-order valence-corrected chi connectivity index (χ2v) is 5.43. The van der Waals surface area contributed by atoms with E-state index in [0.29, 0.717) is 17.2 Å². The van der Waals surface area contributed by atoms with Crippen LogP contribution >= 0.6 is 12.2 Å². The van der Waals surface area contributed by atoms with Crippen molar-refractivity contribution in [3.05, 3.63) is 59.9 Å². The highest BCUT2D eigenvalue weighted by Gasteiger charge is 2.12. The van der Waals surface area contributed by atoms with E-state index in [1.807, 2.05) is 6.07 Å². The number of hydrogen-bond donors (Lipinski definition) is 3. The summed E-state index contributed by atoms with van der Waals surface area (Å²) in [6.07, 6.45) is 2.99. The molecule has 3 rings (SSSR count). The first-order chi connectivity index (χ1) is 12.1. The standard InChI is InChI=1S/C17H14FN3O3S/c18-12-3-5-13(6-4-12)19-17(25)21-20-16(22)8-2-11-1-7-14-15(9-11)24-10-23-14/h1-9H,10H2,(H,20,22)(H2,19,21,25)/b8-2+. The number of hydrogen-bond acceptors (Lipinski definition) is 4. The van der Waals surface area contributed by atoms with Crippen molar-refractivity contribution in [2.75, 3.05) is 12.1 Å². The Labute approximate surface area is 148 Å². The van der Waals surface area contributed by atoms with Crippen molar-refractivity contribution < 1.29 is 18.7 Å². The zero-order valence-electron chi connectivity index (χ0n) is 12.9. The van der Waals surface area contributed by atoms with Crippen LogP contribution in [0, 0.1) is 5.82 Å². The van der Waals surface area contributed by atoms with Gasteiger partial charge < -0.3 is 14.8 Å². The van der Waals surface area contributed by atoms with E-state index in [1.54, 1.807) is 18.2 Å². The third-order valence-corrected chi connectivity index (χ3v) is 3.43. The molecular weight excluding hydrogens is 345 g/mol. The summed E-state index contributed by atoms with van der Waals surface area (Å²) in [7, 11) is 0. The van der Waals surface area contributed by atoms with Gasteiger partial charge in [-0.1, -0.05) is 6.07 Å². The lowest BCUT2D eigenvalue weighted by Crippen LogP contribution is -2.43. The Bertz CT molecular complexity index is 824. The predicted molar refractivity (Wildman–Crippen MR) is 95.5 cm³/mol. The minimum atomic E-state index is -0.388. The summed E-state index contributed by atoms with van der Waals surface area (Å²) in [5.41, 5.74) is 6.38. The molecule has 2 aromatic rings. The maximum atomic E-state index is 12.8. The van der Waals surface area contributed by atoms with Crippen molar-refractivity contribution in [3.8, 4) is 11.5 Å². The van der Waals surface area contributed by atoms with Gasteiger partial charge in [-0.25, -0.2) is 4.39 Å². The molecule has 128 valence electrons. The van der Waals surface area contributed by atoms with E-state index >= 15 is 0 Å². The Kier molecular flexibility index (Phi) is 5.10. The number of halogens is 1. The van der Waals surface area contributed by atoms with E-state index in [2.05, 4.69) is 16.2 Å². The Morgan fingerprint density at radius 1 is 1.08 bits per heavy atom. The van der Waals surface area contributed by atoms with Crippen LogP contribution in [0.1, 0.15) is 5.56 Å². The summed E-state index contributed by atoms with van der Waals surface area (Å²) in [4.78, 5) is 11.8. The molecule has 1 aliphatic heterocycles. The number of benzene rings is 2. The molecule has 6 nitrogen and oxygen atoms in total. The van der Waals surface area contributed by atoms with Gasteiger partial charge in [0.1, 0.15) is 5.82 Å². The lowest BCUT2D eigenvalue weighted by molar-refractivity contribution is -0.116. The molecule has 0 saturated carbocycles. The average Bonchev–Trinajstić information content (AvgIpc) is 3.08. The highest BCUT2D eigenvalue weighted by Crippen LogP contribution is 2.32. The quantitative estimate of drug-likeness (QED) is 0.445. The van der Waals surface area contributed by atoms with E-state index in [9.17, 15) is 9.18 Å². The van der Waals surface area contributed by atoms with E-state index in [4.69, 9.17) is 21.7 Å². The van der Waals surface area contributed by atoms with E-state index in [-0.39, 0.29) is 23.6 Å². The average molecular weight is 359 g/mol. The SMILES string of the molecule is O=C(/C=C/c1ccc2c(c1)OCO2)NNC(=S)Nc1ccc(F)cc1. The molecule has 1 amide bonds. The molecular formula is C17H14FN3O3S. The van der Waals surface area contributed by atoms with Crippen molar-refractivity contribution in [2.24, 2.45) is 0 Å². The van der Waals surface area contributed by atoms with Crippen LogP contribution in [0.3, 0.4) is 0 Å². The van der Waals surface area contributed by atoms with Gasteiger partial charge in [0.25, 0.3) is 5.91 Å². The highest BCUT2D eigenvalue weighted by atomic mass is 32.1. The fraction of sp³-hybridized carbons (Fsp3) is 0.0588. The van der Waals surface area contributed by atoms with Crippen LogP contribution in [0.5, 0.6) is 11.5 Å². The van der Waals surface area contributed by atoms with Crippen molar-refractivity contribution >= 4 is 35.0 Å². The maximum Gasteiger partial charge on any atom is 0.262 e. The topological polar surface area (TPSA) is 71.6 Å². The van der Waals surface area contributed by atoms with E-state index in [1.165, 1.54) is 30.3 Å². The second kappa shape index (κ2) is 7.63. The highest BCUT2D eigenvalue weighted by molar-refractivity contribution is 7.80. The van der Waals surface area contributed by atoms with Crippen LogP contribution < -0.4 is 25.6 Å². The number of fused-ring (bicyclic) bond motifs is 1. The van der Waals surface area contributed by atoms with Crippen molar-refractivity contribution in [3.63, 3.8) is 0 Å². The van der Waals surface area contributed by atoms with Gasteiger partial charge in [-0.05, 0) is 60.3 Å². The number of carbonyl (C=O) groups excluding carboxylic acids is 1. The molecule has 0 atom stereocenters. The zero-order valence-corrected chi connectivity index (χ0v) is 13.7. The van der Waals surface area contributed by atoms with Crippen LogP contribution in [0.25, 0.3) is 6.08 Å². The fourth-order valence-corrected chi connectivity index (χ4v) is 2.21. The molecule has 1 aliphatic rings. The molecule has 25 heavy (non-hydrogen) atoms. The van der Waals surface area contributed by atoms with Gasteiger partial charge in [-0.15, -0.1) is 0 Å². The lowest BCUT2D eigenvalue weighted by atomic mass is 10.2. The molecule has 3 N–H and O–H groups in total.